The Balaban J connectivity index is 2.27. The highest BCUT2D eigenvalue weighted by Crippen LogP contribution is 2.61. The first kappa shape index (κ1) is 18.6. The van der Waals surface area contributed by atoms with Gasteiger partial charge in [-0.25, -0.2) is 0 Å². The highest BCUT2D eigenvalue weighted by atomic mass is 28.4. The molecule has 2 aliphatic rings. The molecule has 0 saturated heterocycles. The van der Waals surface area contributed by atoms with E-state index in [9.17, 15) is 4.79 Å². The summed E-state index contributed by atoms with van der Waals surface area (Å²) in [4.78, 5) is 11.8. The average Bonchev–Trinajstić information content (AvgIpc) is 2.98. The molecule has 0 aliphatic heterocycles. The molecule has 132 valence electrons. The summed E-state index contributed by atoms with van der Waals surface area (Å²) in [5.74, 6) is 2.02. The molecule has 3 nitrogen and oxygen atoms in total. The number of hydrogen-bond acceptors (Lipinski definition) is 3. The van der Waals surface area contributed by atoms with Crippen LogP contribution in [-0.4, -0.2) is 21.4 Å². The van der Waals surface area contributed by atoms with Gasteiger partial charge in [0.2, 0.25) is 8.32 Å². The second-order valence-corrected chi connectivity index (χ2v) is 13.7. The zero-order chi connectivity index (χ0) is 17.5. The Labute approximate surface area is 142 Å². The quantitative estimate of drug-likeness (QED) is 0.505. The molecule has 0 amide bonds. The first-order valence-corrected chi connectivity index (χ1v) is 11.9. The SMILES string of the molecule is COC(=O)C[C@@H](C)[C@]12CCC[C@H]1CC=C2O[Si](C)(C)C(C)(C)C. The summed E-state index contributed by atoms with van der Waals surface area (Å²) >= 11 is 0. The lowest BCUT2D eigenvalue weighted by Crippen LogP contribution is -2.44. The summed E-state index contributed by atoms with van der Waals surface area (Å²) in [6, 6.07) is 0. The number of carbonyl (C=O) groups excluding carboxylic acids is 1. The molecule has 2 rings (SSSR count). The third-order valence-electron chi connectivity index (χ3n) is 6.67. The van der Waals surface area contributed by atoms with Gasteiger partial charge in [-0.15, -0.1) is 0 Å². The van der Waals surface area contributed by atoms with Crippen LogP contribution < -0.4 is 0 Å². The van der Waals surface area contributed by atoms with Gasteiger partial charge in [-0.2, -0.15) is 0 Å². The van der Waals surface area contributed by atoms with Crippen molar-refractivity contribution in [1.82, 2.24) is 0 Å². The number of esters is 1. The van der Waals surface area contributed by atoms with Gasteiger partial charge in [0.1, 0.15) is 0 Å². The first-order valence-electron chi connectivity index (χ1n) is 9.01. The van der Waals surface area contributed by atoms with E-state index in [1.807, 2.05) is 0 Å². The summed E-state index contributed by atoms with van der Waals surface area (Å²) in [6.07, 6.45) is 7.58. The van der Waals surface area contributed by atoms with Gasteiger partial charge in [-0.3, -0.25) is 4.79 Å². The fourth-order valence-corrected chi connectivity index (χ4v) is 5.30. The lowest BCUT2D eigenvalue weighted by Gasteiger charge is -2.44. The van der Waals surface area contributed by atoms with Crippen molar-refractivity contribution in [3.05, 3.63) is 11.8 Å². The van der Waals surface area contributed by atoms with Crippen molar-refractivity contribution in [3.63, 3.8) is 0 Å². The molecular formula is C19H34O3Si. The summed E-state index contributed by atoms with van der Waals surface area (Å²) in [5, 5.41) is 0.192. The average molecular weight is 339 g/mol. The largest absolute Gasteiger partial charge is 0.546 e. The molecule has 0 aromatic carbocycles. The second-order valence-electron chi connectivity index (χ2n) is 8.98. The van der Waals surface area contributed by atoms with Gasteiger partial charge >= 0.3 is 5.97 Å². The van der Waals surface area contributed by atoms with E-state index in [4.69, 9.17) is 9.16 Å². The van der Waals surface area contributed by atoms with E-state index in [-0.39, 0.29) is 22.3 Å². The van der Waals surface area contributed by atoms with E-state index in [0.29, 0.717) is 12.3 Å². The molecule has 2 aliphatic carbocycles. The van der Waals surface area contributed by atoms with Crippen LogP contribution >= 0.6 is 0 Å². The lowest BCUT2D eigenvalue weighted by molar-refractivity contribution is -0.142. The van der Waals surface area contributed by atoms with E-state index in [1.165, 1.54) is 25.7 Å². The van der Waals surface area contributed by atoms with Crippen molar-refractivity contribution in [2.24, 2.45) is 17.3 Å². The van der Waals surface area contributed by atoms with Crippen LogP contribution in [0, 0.1) is 17.3 Å². The van der Waals surface area contributed by atoms with Crippen LogP contribution in [0.25, 0.3) is 0 Å². The maximum atomic E-state index is 11.8. The molecule has 3 atom stereocenters. The zero-order valence-corrected chi connectivity index (χ0v) is 17.0. The van der Waals surface area contributed by atoms with Gasteiger partial charge in [0.05, 0.1) is 12.9 Å². The molecule has 0 radical (unpaired) electrons. The maximum absolute atomic E-state index is 11.8. The van der Waals surface area contributed by atoms with Gasteiger partial charge in [0, 0.05) is 11.8 Å². The number of rotatable bonds is 5. The van der Waals surface area contributed by atoms with Crippen LogP contribution in [-0.2, 0) is 14.0 Å². The predicted molar refractivity (Wildman–Crippen MR) is 96.6 cm³/mol. The summed E-state index contributed by atoms with van der Waals surface area (Å²) in [7, 11) is -0.373. The number of ether oxygens (including phenoxy) is 1. The minimum Gasteiger partial charge on any atom is -0.546 e. The van der Waals surface area contributed by atoms with E-state index >= 15 is 0 Å². The number of methoxy groups -OCH3 is 1. The van der Waals surface area contributed by atoms with Crippen molar-refractivity contribution in [2.75, 3.05) is 7.11 Å². The van der Waals surface area contributed by atoms with Crippen LogP contribution in [0.1, 0.15) is 59.8 Å². The number of carbonyl (C=O) groups is 1. The molecule has 1 saturated carbocycles. The topological polar surface area (TPSA) is 35.5 Å². The second kappa shape index (κ2) is 6.27. The van der Waals surface area contributed by atoms with Crippen molar-refractivity contribution >= 4 is 14.3 Å². The third kappa shape index (κ3) is 3.24. The Morgan fingerprint density at radius 2 is 2.09 bits per heavy atom. The van der Waals surface area contributed by atoms with Crippen LogP contribution in [0.2, 0.25) is 18.1 Å². The molecule has 23 heavy (non-hydrogen) atoms. The van der Waals surface area contributed by atoms with Crippen molar-refractivity contribution in [3.8, 4) is 0 Å². The third-order valence-corrected chi connectivity index (χ3v) is 11.0. The van der Waals surface area contributed by atoms with E-state index in [2.05, 4.69) is 46.9 Å². The van der Waals surface area contributed by atoms with E-state index < -0.39 is 8.32 Å². The smallest absolute Gasteiger partial charge is 0.305 e. The lowest BCUT2D eigenvalue weighted by atomic mass is 9.69. The fourth-order valence-electron chi connectivity index (χ4n) is 4.17. The highest BCUT2D eigenvalue weighted by molar-refractivity contribution is 6.74. The molecule has 0 N–H and O–H groups in total. The highest BCUT2D eigenvalue weighted by Gasteiger charge is 2.55. The van der Waals surface area contributed by atoms with Gasteiger partial charge in [0.15, 0.2) is 0 Å². The zero-order valence-electron chi connectivity index (χ0n) is 16.0. The summed E-state index contributed by atoms with van der Waals surface area (Å²) in [6.45, 7) is 13.7. The molecule has 0 aromatic rings. The number of allylic oxidation sites excluding steroid dienone is 2. The predicted octanol–water partition coefficient (Wildman–Crippen LogP) is 5.28. The first-order chi connectivity index (χ1) is 10.5. The van der Waals surface area contributed by atoms with Gasteiger partial charge in [-0.1, -0.05) is 34.1 Å². The summed E-state index contributed by atoms with van der Waals surface area (Å²) in [5.41, 5.74) is 0.0592. The van der Waals surface area contributed by atoms with Crippen LogP contribution in [0.15, 0.2) is 11.8 Å². The van der Waals surface area contributed by atoms with Crippen LogP contribution in [0.5, 0.6) is 0 Å². The van der Waals surface area contributed by atoms with Crippen molar-refractivity contribution in [1.29, 1.82) is 0 Å². The number of fused-ring (bicyclic) bond motifs is 1. The van der Waals surface area contributed by atoms with Crippen LogP contribution in [0.3, 0.4) is 0 Å². The summed E-state index contributed by atoms with van der Waals surface area (Å²) < 4.78 is 11.7. The van der Waals surface area contributed by atoms with E-state index in [0.717, 1.165) is 12.8 Å². The van der Waals surface area contributed by atoms with Crippen molar-refractivity contribution < 1.29 is 14.0 Å². The minimum atomic E-state index is -1.86. The standard InChI is InChI=1S/C19H34O3Si/c1-14(13-17(20)21-5)19-12-8-9-15(19)10-11-16(19)22-23(6,7)18(2,3)4/h11,14-15H,8-10,12-13H2,1-7H3/t14-,15+,19-/m1/s1. The monoisotopic (exact) mass is 338 g/mol. The Bertz CT molecular complexity index is 489. The normalized spacial score (nSPS) is 29.0. The molecule has 0 unspecified atom stereocenters. The Hall–Kier alpha value is -0.773. The van der Waals surface area contributed by atoms with Crippen LogP contribution in [0.4, 0.5) is 0 Å². The Morgan fingerprint density at radius 3 is 2.65 bits per heavy atom. The minimum absolute atomic E-state index is 0.0592. The molecule has 0 aromatic heterocycles. The van der Waals surface area contributed by atoms with Gasteiger partial charge < -0.3 is 9.16 Å². The molecule has 0 heterocycles. The van der Waals surface area contributed by atoms with Gasteiger partial charge in [0.25, 0.3) is 0 Å². The van der Waals surface area contributed by atoms with E-state index in [1.54, 1.807) is 0 Å². The molecule has 0 spiro atoms. The molecule has 0 bridgehead atoms. The van der Waals surface area contributed by atoms with Gasteiger partial charge in [-0.05, 0) is 55.3 Å². The fraction of sp³-hybridized carbons (Fsp3) is 0.842. The maximum Gasteiger partial charge on any atom is 0.305 e. The van der Waals surface area contributed by atoms with Crippen molar-refractivity contribution in [2.45, 2.75) is 77.9 Å². The molecule has 4 heteroatoms. The Morgan fingerprint density at radius 1 is 1.43 bits per heavy atom. The number of hydrogen-bond donors (Lipinski definition) is 0. The molecule has 1 fully saturated rings. The molecular weight excluding hydrogens is 304 g/mol. The Kier molecular flexibility index (Phi) is 5.06.